The number of aromatic nitrogens is 3. The molecule has 6 heteroatoms. The third kappa shape index (κ3) is 2.22. The number of anilines is 2. The molecule has 3 heterocycles. The van der Waals surface area contributed by atoms with E-state index in [0.29, 0.717) is 5.82 Å². The van der Waals surface area contributed by atoms with Crippen LogP contribution in [0, 0.1) is 0 Å². The first-order valence-corrected chi connectivity index (χ1v) is 6.22. The first-order chi connectivity index (χ1) is 9.25. The Morgan fingerprint density at radius 2 is 2.32 bits per heavy atom. The summed E-state index contributed by atoms with van der Waals surface area (Å²) in [6.45, 7) is 1.60. The largest absolute Gasteiger partial charge is 0.347 e. The van der Waals surface area contributed by atoms with Crippen molar-refractivity contribution in [2.75, 3.05) is 18.5 Å². The van der Waals surface area contributed by atoms with Crippen molar-refractivity contribution in [3.63, 3.8) is 0 Å². The van der Waals surface area contributed by atoms with Gasteiger partial charge < -0.3 is 15.2 Å². The Hall–Kier alpha value is -2.21. The minimum absolute atomic E-state index is 0.300. The normalized spacial score (nSPS) is 13.9. The molecule has 19 heavy (non-hydrogen) atoms. The van der Waals surface area contributed by atoms with Crippen LogP contribution in [-0.4, -0.2) is 28.5 Å². The van der Waals surface area contributed by atoms with Crippen LogP contribution < -0.4 is 15.9 Å². The van der Waals surface area contributed by atoms with Gasteiger partial charge in [-0.15, -0.1) is 0 Å². The maximum Gasteiger partial charge on any atom is 0.347 e. The molecule has 0 saturated heterocycles. The second-order valence-corrected chi connectivity index (χ2v) is 4.52. The van der Waals surface area contributed by atoms with Crippen LogP contribution >= 0.6 is 0 Å². The van der Waals surface area contributed by atoms with Gasteiger partial charge in [0.1, 0.15) is 5.82 Å². The second-order valence-electron chi connectivity index (χ2n) is 4.52. The standard InChI is InChI=1S/C13H15N5O/c1-18(9-3-2-5-14-7-9)12-10-8-15-6-4-11(10)16-13(19)17-12/h2-3,5,7,15H,4,6,8H2,1H3,(H,16,17,19). The molecular formula is C13H15N5O. The molecule has 1 aliphatic heterocycles. The number of nitrogens with one attached hydrogen (secondary N) is 2. The maximum atomic E-state index is 11.7. The van der Waals surface area contributed by atoms with Crippen molar-refractivity contribution in [2.24, 2.45) is 0 Å². The third-order valence-electron chi connectivity index (χ3n) is 3.30. The molecule has 0 bridgehead atoms. The van der Waals surface area contributed by atoms with Crippen molar-refractivity contribution in [1.82, 2.24) is 20.3 Å². The van der Waals surface area contributed by atoms with Crippen LogP contribution in [-0.2, 0) is 13.0 Å². The summed E-state index contributed by atoms with van der Waals surface area (Å²) in [6, 6.07) is 3.81. The van der Waals surface area contributed by atoms with Crippen LogP contribution in [0.1, 0.15) is 11.3 Å². The van der Waals surface area contributed by atoms with Gasteiger partial charge in [0, 0.05) is 44.0 Å². The van der Waals surface area contributed by atoms with E-state index in [4.69, 9.17) is 0 Å². The van der Waals surface area contributed by atoms with Gasteiger partial charge in [0.05, 0.1) is 11.9 Å². The number of pyridine rings is 1. The molecule has 1 aliphatic rings. The van der Waals surface area contributed by atoms with Crippen LogP contribution in [0.25, 0.3) is 0 Å². The SMILES string of the molecule is CN(c1cccnc1)c1nc(=O)[nH]c2c1CNCC2. The average molecular weight is 257 g/mol. The third-order valence-corrected chi connectivity index (χ3v) is 3.30. The van der Waals surface area contributed by atoms with Gasteiger partial charge in [0.25, 0.3) is 0 Å². The Kier molecular flexibility index (Phi) is 3.00. The quantitative estimate of drug-likeness (QED) is 0.823. The molecule has 3 rings (SSSR count). The van der Waals surface area contributed by atoms with E-state index in [9.17, 15) is 4.79 Å². The van der Waals surface area contributed by atoms with Gasteiger partial charge in [-0.1, -0.05) is 0 Å². The van der Waals surface area contributed by atoms with E-state index >= 15 is 0 Å². The molecule has 2 N–H and O–H groups in total. The molecular weight excluding hydrogens is 242 g/mol. The zero-order valence-corrected chi connectivity index (χ0v) is 10.7. The fourth-order valence-electron chi connectivity index (χ4n) is 2.31. The average Bonchev–Trinajstić information content (AvgIpc) is 2.46. The Morgan fingerprint density at radius 3 is 3.11 bits per heavy atom. The van der Waals surface area contributed by atoms with E-state index in [0.717, 1.165) is 36.5 Å². The van der Waals surface area contributed by atoms with Gasteiger partial charge in [-0.05, 0) is 12.1 Å². The zero-order chi connectivity index (χ0) is 13.2. The summed E-state index contributed by atoms with van der Waals surface area (Å²) in [5.74, 6) is 0.693. The van der Waals surface area contributed by atoms with Crippen molar-refractivity contribution in [3.8, 4) is 0 Å². The van der Waals surface area contributed by atoms with Crippen molar-refractivity contribution in [3.05, 3.63) is 46.3 Å². The summed E-state index contributed by atoms with van der Waals surface area (Å²) in [5, 5.41) is 3.30. The lowest BCUT2D eigenvalue weighted by atomic mass is 10.1. The number of H-pyrrole nitrogens is 1. The molecule has 0 spiro atoms. The lowest BCUT2D eigenvalue weighted by Gasteiger charge is -2.24. The van der Waals surface area contributed by atoms with Gasteiger partial charge in [-0.3, -0.25) is 4.98 Å². The monoisotopic (exact) mass is 257 g/mol. The van der Waals surface area contributed by atoms with Gasteiger partial charge in [-0.2, -0.15) is 4.98 Å². The Bertz CT molecular complexity index is 637. The van der Waals surface area contributed by atoms with E-state index in [2.05, 4.69) is 20.3 Å². The number of fused-ring (bicyclic) bond motifs is 1. The number of hydrogen-bond acceptors (Lipinski definition) is 5. The molecule has 0 saturated carbocycles. The molecule has 0 fully saturated rings. The lowest BCUT2D eigenvalue weighted by molar-refractivity contribution is 0.622. The van der Waals surface area contributed by atoms with Crippen molar-refractivity contribution in [1.29, 1.82) is 0 Å². The molecule has 0 aliphatic carbocycles. The fraction of sp³-hybridized carbons (Fsp3) is 0.308. The summed E-state index contributed by atoms with van der Waals surface area (Å²) in [7, 11) is 1.90. The van der Waals surface area contributed by atoms with E-state index in [1.54, 1.807) is 12.4 Å². The lowest BCUT2D eigenvalue weighted by Crippen LogP contribution is -2.31. The minimum atomic E-state index is -0.300. The van der Waals surface area contributed by atoms with Gasteiger partial charge in [-0.25, -0.2) is 4.79 Å². The fourth-order valence-corrected chi connectivity index (χ4v) is 2.31. The number of nitrogens with zero attached hydrogens (tertiary/aromatic N) is 3. The number of hydrogen-bond donors (Lipinski definition) is 2. The summed E-state index contributed by atoms with van der Waals surface area (Å²) in [5.41, 5.74) is 2.64. The van der Waals surface area contributed by atoms with E-state index < -0.39 is 0 Å². The Morgan fingerprint density at radius 1 is 1.42 bits per heavy atom. The number of aromatic amines is 1. The first kappa shape index (κ1) is 11.9. The predicted octanol–water partition coefficient (Wildman–Crippen LogP) is 0.578. The summed E-state index contributed by atoms with van der Waals surface area (Å²) in [4.78, 5) is 24.6. The molecule has 2 aromatic rings. The summed E-state index contributed by atoms with van der Waals surface area (Å²) in [6.07, 6.45) is 4.30. The highest BCUT2D eigenvalue weighted by atomic mass is 16.1. The highest BCUT2D eigenvalue weighted by Crippen LogP contribution is 2.25. The topological polar surface area (TPSA) is 73.9 Å². The highest BCUT2D eigenvalue weighted by molar-refractivity contribution is 5.61. The maximum absolute atomic E-state index is 11.7. The van der Waals surface area contributed by atoms with Gasteiger partial charge in [0.2, 0.25) is 0 Å². The zero-order valence-electron chi connectivity index (χ0n) is 10.7. The molecule has 2 aromatic heterocycles. The first-order valence-electron chi connectivity index (χ1n) is 6.22. The van der Waals surface area contributed by atoms with Crippen LogP contribution in [0.3, 0.4) is 0 Å². The van der Waals surface area contributed by atoms with Crippen molar-refractivity contribution >= 4 is 11.5 Å². The summed E-state index contributed by atoms with van der Waals surface area (Å²) < 4.78 is 0. The van der Waals surface area contributed by atoms with Crippen molar-refractivity contribution < 1.29 is 0 Å². The molecule has 98 valence electrons. The smallest absolute Gasteiger partial charge is 0.328 e. The molecule has 6 nitrogen and oxygen atoms in total. The minimum Gasteiger partial charge on any atom is -0.328 e. The Labute approximate surface area is 110 Å². The summed E-state index contributed by atoms with van der Waals surface area (Å²) >= 11 is 0. The molecule has 0 amide bonds. The van der Waals surface area contributed by atoms with Crippen LogP contribution in [0.5, 0.6) is 0 Å². The van der Waals surface area contributed by atoms with Crippen LogP contribution in [0.4, 0.5) is 11.5 Å². The van der Waals surface area contributed by atoms with Crippen molar-refractivity contribution in [2.45, 2.75) is 13.0 Å². The second kappa shape index (κ2) is 4.81. The van der Waals surface area contributed by atoms with Gasteiger partial charge >= 0.3 is 5.69 Å². The highest BCUT2D eigenvalue weighted by Gasteiger charge is 2.19. The Balaban J connectivity index is 2.10. The molecule has 0 radical (unpaired) electrons. The van der Waals surface area contributed by atoms with Crippen LogP contribution in [0.2, 0.25) is 0 Å². The number of rotatable bonds is 2. The van der Waals surface area contributed by atoms with E-state index in [1.807, 2.05) is 24.1 Å². The molecule has 0 aromatic carbocycles. The molecule has 0 atom stereocenters. The van der Waals surface area contributed by atoms with E-state index in [-0.39, 0.29) is 5.69 Å². The van der Waals surface area contributed by atoms with Gasteiger partial charge in [0.15, 0.2) is 0 Å². The van der Waals surface area contributed by atoms with Crippen LogP contribution in [0.15, 0.2) is 29.3 Å². The molecule has 0 unspecified atom stereocenters. The van der Waals surface area contributed by atoms with E-state index in [1.165, 1.54) is 0 Å². The predicted molar refractivity (Wildman–Crippen MR) is 72.6 cm³/mol.